The van der Waals surface area contributed by atoms with Crippen molar-refractivity contribution in [3.8, 4) is 5.75 Å². The average Bonchev–Trinajstić information content (AvgIpc) is 3.22. The summed E-state index contributed by atoms with van der Waals surface area (Å²) in [5, 5.41) is 2.85. The fourth-order valence-electron chi connectivity index (χ4n) is 4.88. The van der Waals surface area contributed by atoms with Crippen LogP contribution in [0.2, 0.25) is 0 Å². The van der Waals surface area contributed by atoms with E-state index in [2.05, 4.69) is 22.2 Å². The number of benzene rings is 1. The molecule has 1 unspecified atom stereocenters. The molecule has 11 heteroatoms. The van der Waals surface area contributed by atoms with E-state index in [4.69, 9.17) is 9.47 Å². The highest BCUT2D eigenvalue weighted by molar-refractivity contribution is 5.84. The molecule has 1 atom stereocenters. The van der Waals surface area contributed by atoms with Gasteiger partial charge in [0.15, 0.2) is 11.6 Å². The molecule has 1 N–H and O–H groups in total. The lowest BCUT2D eigenvalue weighted by atomic mass is 9.75. The number of rotatable bonds is 13. The molecule has 1 aromatic rings. The van der Waals surface area contributed by atoms with Gasteiger partial charge < -0.3 is 19.5 Å². The minimum absolute atomic E-state index is 0.0162. The Morgan fingerprint density at radius 1 is 0.795 bits per heavy atom. The smallest absolute Gasteiger partial charge is 0.313 e. The van der Waals surface area contributed by atoms with Gasteiger partial charge in [0, 0.05) is 30.4 Å². The maximum absolute atomic E-state index is 13.5. The van der Waals surface area contributed by atoms with Crippen molar-refractivity contribution < 1.29 is 46.2 Å². The quantitative estimate of drug-likeness (QED) is 0.0935. The molecule has 39 heavy (non-hydrogen) atoms. The van der Waals surface area contributed by atoms with Gasteiger partial charge in [-0.2, -0.15) is 8.78 Å². The van der Waals surface area contributed by atoms with Crippen LogP contribution in [-0.4, -0.2) is 50.6 Å². The Bertz CT molecular complexity index is 1000. The number of ether oxygens (including phenoxy) is 3. The molecule has 0 bridgehead atoms. The van der Waals surface area contributed by atoms with Crippen LogP contribution < -0.4 is 10.1 Å². The average molecular weight is 558 g/mol. The summed E-state index contributed by atoms with van der Waals surface area (Å²) in [4.78, 5) is 37.0. The predicted octanol–water partition coefficient (Wildman–Crippen LogP) is 4.81. The zero-order chi connectivity index (χ0) is 28.2. The third-order valence-electron chi connectivity index (χ3n) is 7.07. The van der Waals surface area contributed by atoms with E-state index in [0.717, 1.165) is 38.5 Å². The van der Waals surface area contributed by atoms with Gasteiger partial charge in [-0.25, -0.2) is 8.78 Å². The van der Waals surface area contributed by atoms with Gasteiger partial charge >= 0.3 is 5.97 Å². The van der Waals surface area contributed by atoms with Crippen molar-refractivity contribution >= 4 is 17.7 Å². The molecule has 7 nitrogen and oxygen atoms in total. The number of hydrogen-bond donors (Lipinski definition) is 1. The van der Waals surface area contributed by atoms with Crippen LogP contribution in [0.5, 0.6) is 5.75 Å². The van der Waals surface area contributed by atoms with Gasteiger partial charge in [0.05, 0.1) is 32.8 Å². The molecular formula is C28H35F4NO6. The van der Waals surface area contributed by atoms with Crippen molar-refractivity contribution in [1.29, 1.82) is 0 Å². The number of hydrogen-bond acceptors (Lipinski definition) is 6. The van der Waals surface area contributed by atoms with E-state index in [1.54, 1.807) is 0 Å². The van der Waals surface area contributed by atoms with Crippen LogP contribution in [0.3, 0.4) is 0 Å². The molecule has 1 aromatic carbocycles. The first-order valence-corrected chi connectivity index (χ1v) is 13.4. The Balaban J connectivity index is 1.20. The van der Waals surface area contributed by atoms with Gasteiger partial charge in [0.25, 0.3) is 0 Å². The summed E-state index contributed by atoms with van der Waals surface area (Å²) in [5.74, 6) is -9.11. The first-order chi connectivity index (χ1) is 18.8. The van der Waals surface area contributed by atoms with Crippen molar-refractivity contribution in [3.63, 3.8) is 0 Å². The van der Waals surface area contributed by atoms with Crippen molar-refractivity contribution in [2.75, 3.05) is 33.0 Å². The summed E-state index contributed by atoms with van der Waals surface area (Å²) in [7, 11) is 0. The van der Waals surface area contributed by atoms with Crippen molar-refractivity contribution in [2.24, 2.45) is 17.8 Å². The lowest BCUT2D eigenvalue weighted by Gasteiger charge is -2.29. The Hall–Kier alpha value is -2.79. The molecular weight excluding hydrogens is 522 g/mol. The van der Waals surface area contributed by atoms with Gasteiger partial charge in [-0.1, -0.05) is 12.2 Å². The van der Waals surface area contributed by atoms with Crippen LogP contribution in [0.4, 0.5) is 17.6 Å². The maximum Gasteiger partial charge on any atom is 0.313 e. The topological polar surface area (TPSA) is 90.9 Å². The Kier molecular flexibility index (Phi) is 12.4. The number of carbonyl (C=O) groups excluding carboxylic acids is 3. The second-order valence-corrected chi connectivity index (χ2v) is 9.82. The lowest BCUT2D eigenvalue weighted by molar-refractivity contribution is -0.136. The molecule has 216 valence electrons. The molecule has 0 radical (unpaired) electrons. The molecule has 0 aromatic heterocycles. The highest BCUT2D eigenvalue weighted by atomic mass is 19.2. The second kappa shape index (κ2) is 15.7. The van der Waals surface area contributed by atoms with E-state index < -0.39 is 41.4 Å². The van der Waals surface area contributed by atoms with Crippen LogP contribution >= 0.6 is 0 Å². The van der Waals surface area contributed by atoms with E-state index in [9.17, 15) is 31.9 Å². The highest BCUT2D eigenvalue weighted by Gasteiger charge is 2.32. The molecule has 0 saturated heterocycles. The maximum atomic E-state index is 13.5. The molecule has 0 aliphatic heterocycles. The molecule has 0 spiro atoms. The molecule has 2 aliphatic rings. The monoisotopic (exact) mass is 557 g/mol. The number of amides is 1. The summed E-state index contributed by atoms with van der Waals surface area (Å²) in [6, 6.07) is 0.0162. The van der Waals surface area contributed by atoms with Crippen molar-refractivity contribution in [1.82, 2.24) is 5.32 Å². The highest BCUT2D eigenvalue weighted by Crippen LogP contribution is 2.33. The molecule has 2 aliphatic carbocycles. The Morgan fingerprint density at radius 3 is 2.13 bits per heavy atom. The zero-order valence-corrected chi connectivity index (χ0v) is 21.8. The summed E-state index contributed by atoms with van der Waals surface area (Å²) in [6.07, 6.45) is 10.7. The van der Waals surface area contributed by atoms with Crippen molar-refractivity contribution in [2.45, 2.75) is 57.8 Å². The first kappa shape index (κ1) is 30.7. The van der Waals surface area contributed by atoms with Crippen LogP contribution in [0.15, 0.2) is 18.2 Å². The Labute approximate surface area is 225 Å². The number of allylic oxidation sites excluding steroid dienone is 2. The predicted molar refractivity (Wildman–Crippen MR) is 133 cm³/mol. The van der Waals surface area contributed by atoms with Crippen LogP contribution in [0.25, 0.3) is 0 Å². The fourth-order valence-corrected chi connectivity index (χ4v) is 4.88. The summed E-state index contributed by atoms with van der Waals surface area (Å²) < 4.78 is 68.3. The lowest BCUT2D eigenvalue weighted by Crippen LogP contribution is -2.37. The van der Waals surface area contributed by atoms with Gasteiger partial charge in [-0.05, 0) is 51.4 Å². The number of esters is 1. The largest absolute Gasteiger partial charge is 0.420 e. The van der Waals surface area contributed by atoms with Gasteiger partial charge in [0.1, 0.15) is 5.78 Å². The van der Waals surface area contributed by atoms with Gasteiger partial charge in [0.2, 0.25) is 23.3 Å². The normalized spacial score (nSPS) is 21.3. The number of carbonyl (C=O) groups is 3. The number of nitrogens with one attached hydrogen (secondary N) is 1. The number of halogens is 4. The summed E-state index contributed by atoms with van der Waals surface area (Å²) in [6.45, 7) is 0.687. The SMILES string of the molecule is O=C(CCOCCOCCNC(=O)C1CCC(C(=O)C2CC=CCCC2)CC1)Oc1c(F)c(F)cc(F)c1F. The fraction of sp³-hybridized carbons (Fsp3) is 0.607. The van der Waals surface area contributed by atoms with E-state index in [-0.39, 0.29) is 56.2 Å². The molecule has 3 rings (SSSR count). The minimum atomic E-state index is -1.80. The van der Waals surface area contributed by atoms with E-state index >= 15 is 0 Å². The minimum Gasteiger partial charge on any atom is -0.420 e. The number of Topliss-reactive ketones (excluding diaryl/α,β-unsaturated/α-hetero) is 1. The van der Waals surface area contributed by atoms with Gasteiger partial charge in [-0.15, -0.1) is 0 Å². The molecule has 0 heterocycles. The van der Waals surface area contributed by atoms with E-state index in [1.807, 2.05) is 0 Å². The zero-order valence-electron chi connectivity index (χ0n) is 21.8. The van der Waals surface area contributed by atoms with E-state index in [1.165, 1.54) is 0 Å². The standard InChI is InChI=1S/C28H35F4NO6/c29-21-17-22(30)25(32)27(24(21)31)39-23(34)11-13-37-15-16-38-14-12-33-28(36)20-9-7-19(8-10-20)26(35)18-5-3-1-2-4-6-18/h1,3,17-20H,2,4-16H2,(H,33,36). The summed E-state index contributed by atoms with van der Waals surface area (Å²) >= 11 is 0. The van der Waals surface area contributed by atoms with Crippen LogP contribution in [0.1, 0.15) is 57.8 Å². The molecule has 1 amide bonds. The summed E-state index contributed by atoms with van der Waals surface area (Å²) in [5.41, 5.74) is 0. The number of ketones is 1. The molecule has 1 fully saturated rings. The third-order valence-corrected chi connectivity index (χ3v) is 7.07. The van der Waals surface area contributed by atoms with E-state index in [0.29, 0.717) is 25.2 Å². The van der Waals surface area contributed by atoms with Crippen molar-refractivity contribution in [3.05, 3.63) is 41.5 Å². The second-order valence-electron chi connectivity index (χ2n) is 9.82. The molecule has 1 saturated carbocycles. The van der Waals surface area contributed by atoms with Gasteiger partial charge in [-0.3, -0.25) is 14.4 Å². The third kappa shape index (κ3) is 9.42. The van der Waals surface area contributed by atoms with Crippen LogP contribution in [0, 0.1) is 41.0 Å². The Morgan fingerprint density at radius 2 is 1.44 bits per heavy atom. The van der Waals surface area contributed by atoms with Crippen LogP contribution in [-0.2, 0) is 23.9 Å². The first-order valence-electron chi connectivity index (χ1n) is 13.4.